The molecule has 0 saturated carbocycles. The second kappa shape index (κ2) is 5.30. The van der Waals surface area contributed by atoms with Gasteiger partial charge in [-0.1, -0.05) is 0 Å². The minimum Gasteiger partial charge on any atom is -0.468 e. The van der Waals surface area contributed by atoms with Gasteiger partial charge in [-0.3, -0.25) is 4.79 Å². The third-order valence-corrected chi connectivity index (χ3v) is 3.61. The fraction of sp³-hybridized carbons (Fsp3) is 0.154. The summed E-state index contributed by atoms with van der Waals surface area (Å²) in [6.45, 7) is 0.0790. The molecule has 0 radical (unpaired) electrons. The van der Waals surface area contributed by atoms with E-state index in [0.29, 0.717) is 5.95 Å². The number of esters is 1. The first-order valence-corrected chi connectivity index (χ1v) is 6.84. The summed E-state index contributed by atoms with van der Waals surface area (Å²) in [5, 5.41) is 5.79. The number of H-pyrrole nitrogens is 1. The summed E-state index contributed by atoms with van der Waals surface area (Å²) in [5.41, 5.74) is 2.76. The molecule has 0 aliphatic rings. The number of hydrogen-bond donors (Lipinski definition) is 2. The van der Waals surface area contributed by atoms with Gasteiger partial charge < -0.3 is 15.0 Å². The van der Waals surface area contributed by atoms with E-state index in [1.165, 1.54) is 7.11 Å². The number of rotatable bonds is 4. The summed E-state index contributed by atoms with van der Waals surface area (Å²) in [6, 6.07) is 5.89. The first-order chi connectivity index (χ1) is 9.76. The Morgan fingerprint density at radius 2 is 2.40 bits per heavy atom. The van der Waals surface area contributed by atoms with E-state index in [-0.39, 0.29) is 12.5 Å². The van der Waals surface area contributed by atoms with E-state index in [1.54, 1.807) is 17.5 Å². The minimum atomic E-state index is -0.339. The lowest BCUT2D eigenvalue weighted by molar-refractivity contribution is -0.138. The van der Waals surface area contributed by atoms with Crippen LogP contribution in [0.1, 0.15) is 0 Å². The molecule has 0 atom stereocenters. The predicted molar refractivity (Wildman–Crippen MR) is 77.7 cm³/mol. The number of fused-ring (bicyclic) bond motifs is 1. The van der Waals surface area contributed by atoms with Crippen LogP contribution in [0.5, 0.6) is 0 Å². The largest absolute Gasteiger partial charge is 0.468 e. The lowest BCUT2D eigenvalue weighted by Gasteiger charge is -1.99. The van der Waals surface area contributed by atoms with E-state index in [0.717, 1.165) is 21.6 Å². The highest BCUT2D eigenvalue weighted by Crippen LogP contribution is 2.25. The zero-order chi connectivity index (χ0) is 13.9. The Labute approximate surface area is 118 Å². The maximum absolute atomic E-state index is 11.1. The average molecular weight is 288 g/mol. The molecular formula is C13H12N4O2S. The fourth-order valence-electron chi connectivity index (χ4n) is 1.82. The Morgan fingerprint density at radius 1 is 1.50 bits per heavy atom. The number of ether oxygens (including phenoxy) is 1. The maximum Gasteiger partial charge on any atom is 0.325 e. The van der Waals surface area contributed by atoms with Gasteiger partial charge >= 0.3 is 5.97 Å². The smallest absolute Gasteiger partial charge is 0.325 e. The highest BCUT2D eigenvalue weighted by atomic mass is 32.1. The Morgan fingerprint density at radius 3 is 3.15 bits per heavy atom. The molecule has 0 bridgehead atoms. The van der Waals surface area contributed by atoms with Crippen molar-refractivity contribution >= 4 is 34.3 Å². The van der Waals surface area contributed by atoms with Crippen LogP contribution in [-0.4, -0.2) is 34.6 Å². The fourth-order valence-corrected chi connectivity index (χ4v) is 2.46. The van der Waals surface area contributed by atoms with Crippen LogP contribution in [0, 0.1) is 0 Å². The van der Waals surface area contributed by atoms with Crippen LogP contribution in [0.2, 0.25) is 0 Å². The normalized spacial score (nSPS) is 10.7. The van der Waals surface area contributed by atoms with Gasteiger partial charge in [0.2, 0.25) is 5.95 Å². The standard InChI is InChI=1S/C13H12N4O2S/c1-19-11(18)7-15-13-16-9-3-2-8(6-10(9)17-13)12-14-4-5-20-12/h2-6H,7H2,1H3,(H2,15,16,17). The van der Waals surface area contributed by atoms with Crippen LogP contribution in [0.3, 0.4) is 0 Å². The summed E-state index contributed by atoms with van der Waals surface area (Å²) in [7, 11) is 1.35. The molecule has 0 aliphatic heterocycles. The molecule has 0 aliphatic carbocycles. The van der Waals surface area contributed by atoms with Gasteiger partial charge in [-0.05, 0) is 18.2 Å². The number of anilines is 1. The second-order valence-electron chi connectivity index (χ2n) is 4.08. The Balaban J connectivity index is 1.86. The van der Waals surface area contributed by atoms with Gasteiger partial charge in [-0.25, -0.2) is 9.97 Å². The third-order valence-electron chi connectivity index (χ3n) is 2.79. The summed E-state index contributed by atoms with van der Waals surface area (Å²) >= 11 is 1.59. The molecule has 7 heteroatoms. The van der Waals surface area contributed by atoms with E-state index in [4.69, 9.17) is 0 Å². The first-order valence-electron chi connectivity index (χ1n) is 5.96. The second-order valence-corrected chi connectivity index (χ2v) is 4.98. The molecule has 2 heterocycles. The number of thiazole rings is 1. The summed E-state index contributed by atoms with van der Waals surface area (Å²) in [4.78, 5) is 22.8. The van der Waals surface area contributed by atoms with E-state index in [1.807, 2.05) is 23.6 Å². The monoisotopic (exact) mass is 288 g/mol. The number of aromatic nitrogens is 3. The van der Waals surface area contributed by atoms with E-state index >= 15 is 0 Å². The van der Waals surface area contributed by atoms with Crippen LogP contribution < -0.4 is 5.32 Å². The number of benzene rings is 1. The molecule has 6 nitrogen and oxygen atoms in total. The van der Waals surface area contributed by atoms with Crippen LogP contribution in [0.15, 0.2) is 29.8 Å². The number of nitrogens with zero attached hydrogens (tertiary/aromatic N) is 2. The molecule has 2 N–H and O–H groups in total. The lowest BCUT2D eigenvalue weighted by Crippen LogP contribution is -2.15. The molecule has 1 aromatic carbocycles. The first kappa shape index (κ1) is 12.6. The SMILES string of the molecule is COC(=O)CNc1nc2ccc(-c3nccs3)cc2[nH]1. The summed E-state index contributed by atoms with van der Waals surface area (Å²) < 4.78 is 4.56. The van der Waals surface area contributed by atoms with E-state index < -0.39 is 0 Å². The molecule has 0 fully saturated rings. The Hall–Kier alpha value is -2.41. The van der Waals surface area contributed by atoms with E-state index in [9.17, 15) is 4.79 Å². The quantitative estimate of drug-likeness (QED) is 0.720. The molecule has 3 aromatic rings. The number of hydrogen-bond acceptors (Lipinski definition) is 6. The van der Waals surface area contributed by atoms with Crippen molar-refractivity contribution in [3.63, 3.8) is 0 Å². The molecule has 0 amide bonds. The Kier molecular flexibility index (Phi) is 3.34. The number of methoxy groups -OCH3 is 1. The van der Waals surface area contributed by atoms with Crippen molar-refractivity contribution in [2.75, 3.05) is 19.0 Å². The van der Waals surface area contributed by atoms with Crippen LogP contribution in [-0.2, 0) is 9.53 Å². The van der Waals surface area contributed by atoms with Crippen molar-refractivity contribution in [3.8, 4) is 10.6 Å². The average Bonchev–Trinajstić information content (AvgIpc) is 3.12. The van der Waals surface area contributed by atoms with Gasteiger partial charge in [0, 0.05) is 17.1 Å². The van der Waals surface area contributed by atoms with Crippen molar-refractivity contribution in [3.05, 3.63) is 29.8 Å². The van der Waals surface area contributed by atoms with Gasteiger partial charge in [0.25, 0.3) is 0 Å². The Bertz CT molecular complexity index is 736. The van der Waals surface area contributed by atoms with Crippen molar-refractivity contribution in [2.45, 2.75) is 0 Å². The third kappa shape index (κ3) is 2.48. The molecule has 0 spiro atoms. The van der Waals surface area contributed by atoms with Gasteiger partial charge in [-0.15, -0.1) is 11.3 Å². The molecule has 2 aromatic heterocycles. The topological polar surface area (TPSA) is 79.9 Å². The molecular weight excluding hydrogens is 276 g/mol. The van der Waals surface area contributed by atoms with Gasteiger partial charge in [0.1, 0.15) is 11.6 Å². The van der Waals surface area contributed by atoms with Crippen molar-refractivity contribution < 1.29 is 9.53 Å². The predicted octanol–water partition coefficient (Wildman–Crippen LogP) is 2.27. The van der Waals surface area contributed by atoms with Crippen molar-refractivity contribution in [2.24, 2.45) is 0 Å². The lowest BCUT2D eigenvalue weighted by atomic mass is 10.2. The zero-order valence-electron chi connectivity index (χ0n) is 10.7. The number of carbonyl (C=O) groups is 1. The van der Waals surface area contributed by atoms with E-state index in [2.05, 4.69) is 25.0 Å². The van der Waals surface area contributed by atoms with Crippen LogP contribution in [0.4, 0.5) is 5.95 Å². The van der Waals surface area contributed by atoms with Crippen molar-refractivity contribution in [1.82, 2.24) is 15.0 Å². The molecule has 3 rings (SSSR count). The zero-order valence-corrected chi connectivity index (χ0v) is 11.5. The number of carbonyl (C=O) groups excluding carboxylic acids is 1. The molecule has 102 valence electrons. The number of imidazole rings is 1. The van der Waals surface area contributed by atoms with Crippen LogP contribution >= 0.6 is 11.3 Å². The number of nitrogens with one attached hydrogen (secondary N) is 2. The van der Waals surface area contributed by atoms with Crippen molar-refractivity contribution in [1.29, 1.82) is 0 Å². The molecule has 0 saturated heterocycles. The minimum absolute atomic E-state index is 0.0790. The highest BCUT2D eigenvalue weighted by Gasteiger charge is 2.07. The summed E-state index contributed by atoms with van der Waals surface area (Å²) in [5.74, 6) is 0.204. The molecule has 20 heavy (non-hydrogen) atoms. The van der Waals surface area contributed by atoms with Gasteiger partial charge in [0.05, 0.1) is 18.1 Å². The highest BCUT2D eigenvalue weighted by molar-refractivity contribution is 7.13. The van der Waals surface area contributed by atoms with Gasteiger partial charge in [0.15, 0.2) is 0 Å². The maximum atomic E-state index is 11.1. The summed E-state index contributed by atoms with van der Waals surface area (Å²) in [6.07, 6.45) is 1.78. The van der Waals surface area contributed by atoms with Crippen LogP contribution in [0.25, 0.3) is 21.6 Å². The van der Waals surface area contributed by atoms with Gasteiger partial charge in [-0.2, -0.15) is 0 Å². The number of aromatic amines is 1. The molecule has 0 unspecified atom stereocenters.